The third kappa shape index (κ3) is 3.26. The van der Waals surface area contributed by atoms with Gasteiger partial charge in [-0.15, -0.1) is 0 Å². The van der Waals surface area contributed by atoms with Crippen LogP contribution in [0.15, 0.2) is 62.8 Å². The maximum absolute atomic E-state index is 13.5. The van der Waals surface area contributed by atoms with Crippen LogP contribution in [0.3, 0.4) is 0 Å². The number of fused-ring (bicyclic) bond motifs is 1. The highest BCUT2D eigenvalue weighted by Crippen LogP contribution is 2.28. The molecule has 0 amide bonds. The molecule has 4 aromatic rings. The molecular formula is C23H22N4O5. The number of esters is 1. The van der Waals surface area contributed by atoms with Gasteiger partial charge in [0.05, 0.1) is 25.7 Å². The first-order valence-electron chi connectivity index (χ1n) is 10.5. The van der Waals surface area contributed by atoms with Crippen LogP contribution >= 0.6 is 0 Å². The van der Waals surface area contributed by atoms with Gasteiger partial charge in [-0.1, -0.05) is 31.0 Å². The fraction of sp³-hybridized carbons (Fsp3) is 0.304. The Bertz CT molecular complexity index is 1400. The summed E-state index contributed by atoms with van der Waals surface area (Å²) in [5, 5.41) is 0. The fourth-order valence-corrected chi connectivity index (χ4v) is 4.41. The molecular weight excluding hydrogens is 412 g/mol. The van der Waals surface area contributed by atoms with E-state index in [0.29, 0.717) is 22.6 Å². The lowest BCUT2D eigenvalue weighted by molar-refractivity contribution is 0.0563. The number of benzene rings is 1. The molecule has 9 nitrogen and oxygen atoms in total. The lowest BCUT2D eigenvalue weighted by atomic mass is 10.2. The fourth-order valence-electron chi connectivity index (χ4n) is 4.41. The average Bonchev–Trinajstić information content (AvgIpc) is 3.56. The molecule has 0 N–H and O–H groups in total. The molecule has 0 bridgehead atoms. The normalized spacial score (nSPS) is 14.3. The zero-order valence-corrected chi connectivity index (χ0v) is 17.6. The summed E-state index contributed by atoms with van der Waals surface area (Å²) in [7, 11) is 1.28. The van der Waals surface area contributed by atoms with Crippen LogP contribution in [0.1, 0.15) is 48.0 Å². The van der Waals surface area contributed by atoms with Crippen LogP contribution in [0.2, 0.25) is 0 Å². The van der Waals surface area contributed by atoms with Gasteiger partial charge >= 0.3 is 11.7 Å². The van der Waals surface area contributed by atoms with Crippen LogP contribution in [0.5, 0.6) is 0 Å². The van der Waals surface area contributed by atoms with Crippen LogP contribution < -0.4 is 11.2 Å². The van der Waals surface area contributed by atoms with Gasteiger partial charge in [0.15, 0.2) is 11.2 Å². The van der Waals surface area contributed by atoms with E-state index in [-0.39, 0.29) is 29.6 Å². The summed E-state index contributed by atoms with van der Waals surface area (Å²) in [6.07, 6.45) is 5.09. The standard InChI is InChI=1S/C23H22N4O5/c1-31-22(29)18-12-11-17(32-18)13-25-14-24-20-19(25)21(28)27(16-9-5-6-10-16)23(30)26(20)15-7-3-2-4-8-15/h2-4,7-8,11-12,14,16H,5-6,9-10,13H2,1H3. The molecule has 0 spiro atoms. The number of rotatable bonds is 5. The van der Waals surface area contributed by atoms with E-state index in [1.54, 1.807) is 10.6 Å². The minimum absolute atomic E-state index is 0.0801. The lowest BCUT2D eigenvalue weighted by Gasteiger charge is -2.16. The molecule has 164 valence electrons. The third-order valence-corrected chi connectivity index (χ3v) is 5.93. The van der Waals surface area contributed by atoms with Crippen molar-refractivity contribution in [3.8, 4) is 5.69 Å². The first-order chi connectivity index (χ1) is 15.6. The van der Waals surface area contributed by atoms with E-state index in [0.717, 1.165) is 25.7 Å². The van der Waals surface area contributed by atoms with Crippen molar-refractivity contribution in [3.63, 3.8) is 0 Å². The summed E-state index contributed by atoms with van der Waals surface area (Å²) >= 11 is 0. The predicted octanol–water partition coefficient (Wildman–Crippen LogP) is 2.89. The number of para-hydroxylation sites is 1. The number of nitrogens with zero attached hydrogens (tertiary/aromatic N) is 4. The van der Waals surface area contributed by atoms with E-state index >= 15 is 0 Å². The Hall–Kier alpha value is -3.88. The van der Waals surface area contributed by atoms with E-state index in [9.17, 15) is 14.4 Å². The predicted molar refractivity (Wildman–Crippen MR) is 116 cm³/mol. The molecule has 32 heavy (non-hydrogen) atoms. The van der Waals surface area contributed by atoms with Crippen LogP contribution in [0.4, 0.5) is 0 Å². The number of aromatic nitrogens is 4. The SMILES string of the molecule is COC(=O)c1ccc(Cn2cnc3c2c(=O)n(C2CCCC2)c(=O)n3-c2ccccc2)o1. The Labute approximate surface area is 182 Å². The summed E-state index contributed by atoms with van der Waals surface area (Å²) in [6.45, 7) is 0.181. The molecule has 1 fully saturated rings. The third-order valence-electron chi connectivity index (χ3n) is 5.93. The Morgan fingerprint density at radius 2 is 1.88 bits per heavy atom. The minimum Gasteiger partial charge on any atom is -0.463 e. The quantitative estimate of drug-likeness (QED) is 0.448. The molecule has 0 radical (unpaired) electrons. The summed E-state index contributed by atoms with van der Waals surface area (Å²) < 4.78 is 14.8. The highest BCUT2D eigenvalue weighted by Gasteiger charge is 2.26. The number of carbonyl (C=O) groups excluding carboxylic acids is 1. The number of carbonyl (C=O) groups is 1. The monoisotopic (exact) mass is 434 g/mol. The van der Waals surface area contributed by atoms with Gasteiger partial charge in [0.1, 0.15) is 5.76 Å². The zero-order valence-electron chi connectivity index (χ0n) is 17.6. The molecule has 1 aliphatic carbocycles. The van der Waals surface area contributed by atoms with Crippen molar-refractivity contribution < 1.29 is 13.9 Å². The molecule has 9 heteroatoms. The lowest BCUT2D eigenvalue weighted by Crippen LogP contribution is -2.41. The van der Waals surface area contributed by atoms with Gasteiger partial charge in [0.25, 0.3) is 5.56 Å². The Balaban J connectivity index is 1.70. The second-order valence-corrected chi connectivity index (χ2v) is 7.87. The largest absolute Gasteiger partial charge is 0.463 e. The van der Waals surface area contributed by atoms with Gasteiger partial charge < -0.3 is 13.7 Å². The van der Waals surface area contributed by atoms with Gasteiger partial charge in [-0.25, -0.2) is 19.1 Å². The van der Waals surface area contributed by atoms with Crippen molar-refractivity contribution in [2.24, 2.45) is 0 Å². The van der Waals surface area contributed by atoms with E-state index in [1.807, 2.05) is 30.3 Å². The van der Waals surface area contributed by atoms with Crippen molar-refractivity contribution >= 4 is 17.1 Å². The molecule has 3 heterocycles. The van der Waals surface area contributed by atoms with E-state index < -0.39 is 5.97 Å². The highest BCUT2D eigenvalue weighted by molar-refractivity contribution is 5.86. The molecule has 0 saturated heterocycles. The van der Waals surface area contributed by atoms with E-state index in [4.69, 9.17) is 4.42 Å². The van der Waals surface area contributed by atoms with Gasteiger partial charge in [0, 0.05) is 6.04 Å². The molecule has 0 unspecified atom stereocenters. The highest BCUT2D eigenvalue weighted by atomic mass is 16.5. The second-order valence-electron chi connectivity index (χ2n) is 7.87. The molecule has 1 aromatic carbocycles. The first kappa shape index (κ1) is 20.0. The topological polar surface area (TPSA) is 101 Å². The van der Waals surface area contributed by atoms with Gasteiger partial charge in [-0.2, -0.15) is 0 Å². The summed E-state index contributed by atoms with van der Waals surface area (Å²) in [5.74, 6) is -0.0290. The molecule has 1 aliphatic rings. The van der Waals surface area contributed by atoms with Gasteiger partial charge in [-0.3, -0.25) is 9.36 Å². The molecule has 5 rings (SSSR count). The summed E-state index contributed by atoms with van der Waals surface area (Å²) in [4.78, 5) is 43.1. The average molecular weight is 434 g/mol. The molecule has 3 aromatic heterocycles. The van der Waals surface area contributed by atoms with Crippen LogP contribution in [-0.2, 0) is 11.3 Å². The van der Waals surface area contributed by atoms with Crippen molar-refractivity contribution in [1.29, 1.82) is 0 Å². The van der Waals surface area contributed by atoms with Crippen LogP contribution in [0, 0.1) is 0 Å². The van der Waals surface area contributed by atoms with Gasteiger partial charge in [0.2, 0.25) is 5.76 Å². The van der Waals surface area contributed by atoms with Crippen molar-refractivity contribution in [2.75, 3.05) is 7.11 Å². The maximum atomic E-state index is 13.5. The van der Waals surface area contributed by atoms with Gasteiger partial charge in [-0.05, 0) is 37.1 Å². The van der Waals surface area contributed by atoms with Crippen molar-refractivity contribution in [3.05, 3.63) is 81.2 Å². The molecule has 0 aliphatic heterocycles. The number of ether oxygens (including phenoxy) is 1. The van der Waals surface area contributed by atoms with Crippen LogP contribution in [0.25, 0.3) is 16.9 Å². The Morgan fingerprint density at radius 3 is 2.59 bits per heavy atom. The summed E-state index contributed by atoms with van der Waals surface area (Å²) in [5.41, 5.74) is 0.514. The summed E-state index contributed by atoms with van der Waals surface area (Å²) in [6, 6.07) is 12.2. The zero-order chi connectivity index (χ0) is 22.2. The number of hydrogen-bond acceptors (Lipinski definition) is 6. The van der Waals surface area contributed by atoms with Crippen LogP contribution in [-0.4, -0.2) is 31.8 Å². The Morgan fingerprint density at radius 1 is 1.12 bits per heavy atom. The maximum Gasteiger partial charge on any atom is 0.373 e. The number of furan rings is 1. The van der Waals surface area contributed by atoms with Crippen molar-refractivity contribution in [1.82, 2.24) is 18.7 Å². The number of hydrogen-bond donors (Lipinski definition) is 0. The minimum atomic E-state index is -0.576. The second kappa shape index (κ2) is 7.99. The van der Waals surface area contributed by atoms with Crippen molar-refractivity contribution in [2.45, 2.75) is 38.3 Å². The number of methoxy groups -OCH3 is 1. The van der Waals surface area contributed by atoms with E-state index in [1.165, 1.54) is 28.6 Å². The smallest absolute Gasteiger partial charge is 0.373 e. The molecule has 0 atom stereocenters. The number of imidazole rings is 1. The molecule has 1 saturated carbocycles. The van der Waals surface area contributed by atoms with E-state index in [2.05, 4.69) is 9.72 Å². The first-order valence-corrected chi connectivity index (χ1v) is 10.5. The Kier molecular flexibility index (Phi) is 5.01.